The molecule has 5 nitrogen and oxygen atoms in total. The van der Waals surface area contributed by atoms with Gasteiger partial charge in [-0.2, -0.15) is 0 Å². The molecule has 184 valence electrons. The summed E-state index contributed by atoms with van der Waals surface area (Å²) in [6, 6.07) is 20.5. The van der Waals surface area contributed by atoms with Gasteiger partial charge >= 0.3 is 0 Å². The normalized spacial score (nSPS) is 16.2. The topological polar surface area (TPSA) is 71.5 Å². The summed E-state index contributed by atoms with van der Waals surface area (Å²) in [6.07, 6.45) is 8.33. The van der Waals surface area contributed by atoms with Gasteiger partial charge in [0, 0.05) is 10.6 Å². The maximum Gasteiger partial charge on any atom is 0.229 e. The molecule has 1 aliphatic rings. The third-order valence-corrected chi connectivity index (χ3v) is 7.15. The van der Waals surface area contributed by atoms with Gasteiger partial charge in [0.1, 0.15) is 12.4 Å². The number of ether oxygens (including phenoxy) is 1. The van der Waals surface area contributed by atoms with Gasteiger partial charge in [0.25, 0.3) is 0 Å². The van der Waals surface area contributed by atoms with Gasteiger partial charge in [0.2, 0.25) is 5.91 Å². The zero-order valence-electron chi connectivity index (χ0n) is 19.9. The van der Waals surface area contributed by atoms with E-state index in [2.05, 4.69) is 10.3 Å². The minimum Gasteiger partial charge on any atom is -0.487 e. The average molecular weight is 493 g/mol. The molecular weight excluding hydrogens is 460 g/mol. The summed E-state index contributed by atoms with van der Waals surface area (Å²) in [5.41, 5.74) is 2.54. The van der Waals surface area contributed by atoms with Gasteiger partial charge in [-0.25, -0.2) is 0 Å². The van der Waals surface area contributed by atoms with E-state index in [1.807, 2.05) is 66.7 Å². The Morgan fingerprint density at radius 2 is 1.71 bits per heavy atom. The molecule has 0 bridgehead atoms. The van der Waals surface area contributed by atoms with E-state index in [-0.39, 0.29) is 24.3 Å². The van der Waals surface area contributed by atoms with Crippen molar-refractivity contribution in [1.29, 1.82) is 0 Å². The second-order valence-corrected chi connectivity index (χ2v) is 9.59. The molecule has 1 aromatic heterocycles. The Hall–Kier alpha value is -2.89. The molecule has 2 atom stereocenters. The van der Waals surface area contributed by atoms with Crippen LogP contribution in [0.15, 0.2) is 72.9 Å². The largest absolute Gasteiger partial charge is 0.487 e. The predicted octanol–water partition coefficient (Wildman–Crippen LogP) is 6.22. The van der Waals surface area contributed by atoms with E-state index in [9.17, 15) is 9.90 Å². The number of hydrogen-bond acceptors (Lipinski definition) is 4. The van der Waals surface area contributed by atoms with Crippen LogP contribution < -0.4 is 10.1 Å². The summed E-state index contributed by atoms with van der Waals surface area (Å²) in [5, 5.41) is 13.7. The van der Waals surface area contributed by atoms with E-state index >= 15 is 0 Å². The van der Waals surface area contributed by atoms with Crippen LogP contribution in [0.2, 0.25) is 5.02 Å². The van der Waals surface area contributed by atoms with E-state index in [4.69, 9.17) is 16.3 Å². The predicted molar refractivity (Wildman–Crippen MR) is 138 cm³/mol. The Balaban J connectivity index is 1.51. The molecular formula is C29H33ClN2O3. The van der Waals surface area contributed by atoms with Crippen LogP contribution in [-0.2, 0) is 11.4 Å². The quantitative estimate of drug-likeness (QED) is 0.348. The molecule has 1 aliphatic carbocycles. The molecule has 35 heavy (non-hydrogen) atoms. The lowest BCUT2D eigenvalue weighted by atomic mass is 9.82. The first-order chi connectivity index (χ1) is 17.2. The summed E-state index contributed by atoms with van der Waals surface area (Å²) in [5.74, 6) is 0.391. The van der Waals surface area contributed by atoms with Crippen molar-refractivity contribution in [3.8, 4) is 5.75 Å². The molecule has 2 N–H and O–H groups in total. The molecule has 0 aliphatic heterocycles. The van der Waals surface area contributed by atoms with Crippen molar-refractivity contribution in [2.45, 2.75) is 57.1 Å². The molecule has 1 amide bonds. The number of pyridine rings is 1. The summed E-state index contributed by atoms with van der Waals surface area (Å²) >= 11 is 6.23. The standard InChI is InChI=1S/C29H33ClN2O3/c30-25-15-9-8-14-23(25)20-35-24-16-17-26(31-18-24)28(22-12-4-1-2-5-13-22)29(34)32-27(19-33)21-10-6-3-7-11-21/h3,6-11,14-18,22,27-28,33H,1-2,4-5,12-13,19-20H2,(H,32,34)/t27-,28?/m0/s1. The van der Waals surface area contributed by atoms with E-state index in [1.54, 1.807) is 6.20 Å². The van der Waals surface area contributed by atoms with Gasteiger partial charge in [-0.15, -0.1) is 0 Å². The van der Waals surface area contributed by atoms with Crippen molar-refractivity contribution >= 4 is 17.5 Å². The Labute approximate surface area is 212 Å². The SMILES string of the molecule is O=C(N[C@@H](CO)c1ccccc1)C(c1ccc(OCc2ccccc2Cl)cn1)C1CCCCCC1. The number of hydrogen-bond donors (Lipinski definition) is 2. The van der Waals surface area contributed by atoms with Crippen LogP contribution in [0, 0.1) is 5.92 Å². The van der Waals surface area contributed by atoms with Crippen LogP contribution in [0.4, 0.5) is 0 Å². The molecule has 2 aromatic carbocycles. The first kappa shape index (κ1) is 25.2. The maximum atomic E-state index is 13.6. The number of carbonyl (C=O) groups is 1. The lowest BCUT2D eigenvalue weighted by molar-refractivity contribution is -0.125. The van der Waals surface area contributed by atoms with Crippen molar-refractivity contribution < 1.29 is 14.6 Å². The lowest BCUT2D eigenvalue weighted by Crippen LogP contribution is -2.37. The number of halogens is 1. The fourth-order valence-electron chi connectivity index (χ4n) is 4.85. The van der Waals surface area contributed by atoms with Gasteiger partial charge in [0.05, 0.1) is 30.5 Å². The summed E-state index contributed by atoms with van der Waals surface area (Å²) in [7, 11) is 0. The minimum absolute atomic E-state index is 0.0861. The van der Waals surface area contributed by atoms with E-state index in [1.165, 1.54) is 12.8 Å². The molecule has 3 aromatic rings. The number of amides is 1. The van der Waals surface area contributed by atoms with Gasteiger partial charge in [0.15, 0.2) is 0 Å². The molecule has 0 saturated heterocycles. The minimum atomic E-state index is -0.449. The molecule has 0 spiro atoms. The number of aromatic nitrogens is 1. The highest BCUT2D eigenvalue weighted by atomic mass is 35.5. The van der Waals surface area contributed by atoms with Crippen molar-refractivity contribution in [3.05, 3.63) is 94.8 Å². The summed E-state index contributed by atoms with van der Waals surface area (Å²) in [4.78, 5) is 18.3. The summed E-state index contributed by atoms with van der Waals surface area (Å²) < 4.78 is 5.89. The Morgan fingerprint density at radius 3 is 2.37 bits per heavy atom. The molecule has 1 unspecified atom stereocenters. The Morgan fingerprint density at radius 1 is 1.00 bits per heavy atom. The monoisotopic (exact) mass is 492 g/mol. The number of rotatable bonds is 9. The zero-order chi connectivity index (χ0) is 24.5. The number of nitrogens with one attached hydrogen (secondary N) is 1. The van der Waals surface area contributed by atoms with Crippen LogP contribution >= 0.6 is 11.6 Å². The number of aliphatic hydroxyl groups is 1. The second kappa shape index (κ2) is 12.7. The summed E-state index contributed by atoms with van der Waals surface area (Å²) in [6.45, 7) is 0.192. The van der Waals surface area contributed by atoms with Gasteiger partial charge < -0.3 is 15.2 Å². The van der Waals surface area contributed by atoms with Crippen LogP contribution in [0.1, 0.15) is 67.3 Å². The first-order valence-corrected chi connectivity index (χ1v) is 12.8. The number of aliphatic hydroxyl groups excluding tert-OH is 1. The number of nitrogens with zero attached hydrogens (tertiary/aromatic N) is 1. The molecule has 4 rings (SSSR count). The van der Waals surface area contributed by atoms with Crippen molar-refractivity contribution in [2.24, 2.45) is 5.92 Å². The van der Waals surface area contributed by atoms with Gasteiger partial charge in [-0.05, 0) is 42.5 Å². The third-order valence-electron chi connectivity index (χ3n) is 6.78. The number of carbonyl (C=O) groups excluding carboxylic acids is 1. The fourth-order valence-corrected chi connectivity index (χ4v) is 5.04. The van der Waals surface area contributed by atoms with Crippen molar-refractivity contribution in [3.63, 3.8) is 0 Å². The van der Waals surface area contributed by atoms with Crippen LogP contribution in [0.5, 0.6) is 5.75 Å². The Bertz CT molecular complexity index is 1070. The third kappa shape index (κ3) is 6.83. The van der Waals surface area contributed by atoms with E-state index < -0.39 is 6.04 Å². The molecule has 1 saturated carbocycles. The van der Waals surface area contributed by atoms with Crippen molar-refractivity contribution in [2.75, 3.05) is 6.61 Å². The van der Waals surface area contributed by atoms with Gasteiger partial charge in [-0.1, -0.05) is 85.8 Å². The highest BCUT2D eigenvalue weighted by molar-refractivity contribution is 6.31. The lowest BCUT2D eigenvalue weighted by Gasteiger charge is -2.27. The molecule has 1 heterocycles. The first-order valence-electron chi connectivity index (χ1n) is 12.4. The fraction of sp³-hybridized carbons (Fsp3) is 0.379. The number of benzene rings is 2. The van der Waals surface area contributed by atoms with Gasteiger partial charge in [-0.3, -0.25) is 9.78 Å². The molecule has 0 radical (unpaired) electrons. The highest BCUT2D eigenvalue weighted by Crippen LogP contribution is 2.36. The molecule has 6 heteroatoms. The zero-order valence-corrected chi connectivity index (χ0v) is 20.7. The van der Waals surface area contributed by atoms with Crippen LogP contribution in [0.25, 0.3) is 0 Å². The molecule has 1 fully saturated rings. The van der Waals surface area contributed by atoms with E-state index in [0.717, 1.165) is 42.5 Å². The van der Waals surface area contributed by atoms with Crippen molar-refractivity contribution in [1.82, 2.24) is 10.3 Å². The Kier molecular flexibility index (Phi) is 9.15. The van der Waals surface area contributed by atoms with Crippen LogP contribution in [0.3, 0.4) is 0 Å². The highest BCUT2D eigenvalue weighted by Gasteiger charge is 2.32. The van der Waals surface area contributed by atoms with E-state index in [0.29, 0.717) is 17.4 Å². The smallest absolute Gasteiger partial charge is 0.229 e. The maximum absolute atomic E-state index is 13.6. The van der Waals surface area contributed by atoms with Crippen LogP contribution in [-0.4, -0.2) is 22.6 Å². The second-order valence-electron chi connectivity index (χ2n) is 9.18. The average Bonchev–Trinajstić information content (AvgIpc) is 3.18.